The molecule has 0 saturated heterocycles. The maximum Gasteiger partial charge on any atom is 0.269 e. The quantitative estimate of drug-likeness (QED) is 0.103. The van der Waals surface area contributed by atoms with Gasteiger partial charge in [-0.2, -0.15) is 0 Å². The molecular weight excluding hydrogens is 887 g/mol. The Kier molecular flexibility index (Phi) is 24.8. The molecule has 2 rings (SSSR count). The lowest BCUT2D eigenvalue weighted by Gasteiger charge is -1.91. The lowest BCUT2D eigenvalue weighted by Crippen LogP contribution is -1.86. The molecule has 0 atom stereocenters. The van der Waals surface area contributed by atoms with E-state index in [-0.39, 0.29) is 13.1 Å². The number of aryl methyl sites for hydroxylation is 2. The summed E-state index contributed by atoms with van der Waals surface area (Å²) in [5, 5.41) is 10.2. The van der Waals surface area contributed by atoms with Gasteiger partial charge >= 0.3 is 0 Å². The number of rotatable bonds is 1. The standard InChI is InChI=1S/C7H7NO2.C7H9N.CHI3.CH4.I2/c1-6-3-2-4-7(5-6)8(9)10;1-6-3-2-4-7(8)5-6;2-1(3)4;;1-2/h2-5H,1H3;2-5H,8H2,1H3;1H;1H4;. The molecule has 0 radical (unpaired) electrons. The van der Waals surface area contributed by atoms with E-state index in [0.717, 1.165) is 11.2 Å². The molecule has 0 bridgehead atoms. The molecule has 142 valence electrons. The van der Waals surface area contributed by atoms with Crippen molar-refractivity contribution in [3.63, 3.8) is 0 Å². The van der Waals surface area contributed by atoms with Gasteiger partial charge in [0.1, 0.15) is -0.0619 Å². The number of alkyl halides is 3. The number of benzene rings is 2. The van der Waals surface area contributed by atoms with Gasteiger partial charge in [0, 0.05) is 55.1 Å². The fourth-order valence-corrected chi connectivity index (χ4v) is 1.41. The summed E-state index contributed by atoms with van der Waals surface area (Å²) < 4.78 is 0.743. The van der Waals surface area contributed by atoms with Crippen molar-refractivity contribution in [2.45, 2.75) is 21.2 Å². The summed E-state index contributed by atoms with van der Waals surface area (Å²) in [5.41, 5.74) is 8.57. The molecule has 25 heavy (non-hydrogen) atoms. The highest BCUT2D eigenvalue weighted by Gasteiger charge is 2.01. The maximum atomic E-state index is 10.2. The van der Waals surface area contributed by atoms with Crippen molar-refractivity contribution in [3.05, 3.63) is 69.8 Å². The normalized spacial score (nSPS) is 8.32. The molecule has 0 aromatic heterocycles. The van der Waals surface area contributed by atoms with Gasteiger partial charge < -0.3 is 5.73 Å². The molecule has 0 spiro atoms. The second kappa shape index (κ2) is 20.0. The molecule has 0 heterocycles. The van der Waals surface area contributed by atoms with Crippen LogP contribution >= 0.6 is 105 Å². The zero-order valence-electron chi connectivity index (χ0n) is 12.9. The summed E-state index contributed by atoms with van der Waals surface area (Å²) in [5.74, 6) is 0. The number of nitrogen functional groups attached to an aromatic ring is 1. The van der Waals surface area contributed by atoms with Crippen LogP contribution in [0.2, 0.25) is 0 Å². The number of anilines is 1. The van der Waals surface area contributed by atoms with E-state index in [1.54, 1.807) is 12.1 Å². The van der Waals surface area contributed by atoms with E-state index in [1.165, 1.54) is 11.6 Å². The molecule has 0 unspecified atom stereocenters. The highest BCUT2D eigenvalue weighted by Crippen LogP contribution is 2.16. The molecule has 0 amide bonds. The minimum atomic E-state index is -0.396. The molecule has 0 saturated carbocycles. The minimum Gasteiger partial charge on any atom is -0.399 e. The Hall–Kier alpha value is 1.29. The molecule has 9 heteroatoms. The Bertz CT molecular complexity index is 578. The van der Waals surface area contributed by atoms with Crippen LogP contribution in [0.1, 0.15) is 18.6 Å². The summed E-state index contributed by atoms with van der Waals surface area (Å²) >= 11 is 11.2. The Balaban J connectivity index is -0.000000291. The molecular formula is C16H21I5N2O2. The van der Waals surface area contributed by atoms with Gasteiger partial charge in [-0.05, 0) is 37.1 Å². The third-order valence-corrected chi connectivity index (χ3v) is 2.25. The van der Waals surface area contributed by atoms with Crippen LogP contribution in [0.3, 0.4) is 0 Å². The molecule has 0 aliphatic carbocycles. The predicted octanol–water partition coefficient (Wildman–Crippen LogP) is 8.46. The largest absolute Gasteiger partial charge is 0.399 e. The van der Waals surface area contributed by atoms with E-state index < -0.39 is 4.92 Å². The van der Waals surface area contributed by atoms with Crippen LogP contribution in [-0.4, -0.2) is 4.86 Å². The van der Waals surface area contributed by atoms with E-state index >= 15 is 0 Å². The number of non-ortho nitro benzene ring substituents is 1. The van der Waals surface area contributed by atoms with Crippen LogP contribution in [0.4, 0.5) is 11.4 Å². The molecule has 2 N–H and O–H groups in total. The van der Waals surface area contributed by atoms with Crippen molar-refractivity contribution in [2.75, 3.05) is 5.73 Å². The van der Waals surface area contributed by atoms with E-state index in [1.807, 2.05) is 44.2 Å². The Morgan fingerprint density at radius 1 is 0.960 bits per heavy atom. The molecule has 0 aliphatic rings. The summed E-state index contributed by atoms with van der Waals surface area (Å²) in [6.45, 7) is 3.85. The maximum absolute atomic E-state index is 10.2. The number of halogens is 5. The predicted molar refractivity (Wildman–Crippen MR) is 154 cm³/mol. The number of nitro groups is 1. The molecule has 2 aromatic carbocycles. The van der Waals surface area contributed by atoms with Crippen molar-refractivity contribution in [2.24, 2.45) is 0 Å². The van der Waals surface area contributed by atoms with Crippen molar-refractivity contribution >= 4 is 116 Å². The average Bonchev–Trinajstić information content (AvgIpc) is 2.49. The van der Waals surface area contributed by atoms with Crippen molar-refractivity contribution in [1.82, 2.24) is 0 Å². The lowest BCUT2D eigenvalue weighted by molar-refractivity contribution is -0.384. The highest BCUT2D eigenvalue weighted by molar-refractivity contribution is 15.0. The molecule has 4 nitrogen and oxygen atoms in total. The van der Waals surface area contributed by atoms with Crippen LogP contribution in [-0.2, 0) is 0 Å². The van der Waals surface area contributed by atoms with Crippen LogP contribution in [0.25, 0.3) is 0 Å². The monoisotopic (exact) mass is 908 g/mol. The third-order valence-electron chi connectivity index (χ3n) is 2.25. The molecule has 0 aliphatic heterocycles. The third kappa shape index (κ3) is 21.4. The first kappa shape index (κ1) is 31.0. The first-order valence-corrected chi connectivity index (χ1v) is 16.3. The summed E-state index contributed by atoms with van der Waals surface area (Å²) in [7, 11) is 0. The number of nitrogens with zero attached hydrogens (tertiary/aromatic N) is 1. The summed E-state index contributed by atoms with van der Waals surface area (Å²) in [6, 6.07) is 14.3. The smallest absolute Gasteiger partial charge is 0.269 e. The summed E-state index contributed by atoms with van der Waals surface area (Å²) in [4.78, 5) is 9.76. The first-order chi connectivity index (χ1) is 11.2. The molecule has 2 aromatic rings. The highest BCUT2D eigenvalue weighted by atomic mass is 128. The van der Waals surface area contributed by atoms with Crippen LogP contribution in [0.5, 0.6) is 0 Å². The van der Waals surface area contributed by atoms with Crippen LogP contribution in [0, 0.1) is 24.0 Å². The first-order valence-electron chi connectivity index (χ1n) is 6.32. The Morgan fingerprint density at radius 3 is 1.60 bits per heavy atom. The van der Waals surface area contributed by atoms with Gasteiger partial charge in [-0.25, -0.2) is 0 Å². The van der Waals surface area contributed by atoms with E-state index in [0.29, 0.717) is 0 Å². The van der Waals surface area contributed by atoms with Gasteiger partial charge in [0.15, 0.2) is 0 Å². The van der Waals surface area contributed by atoms with Gasteiger partial charge in [0.05, 0.1) is 4.92 Å². The molecule has 0 fully saturated rings. The summed E-state index contributed by atoms with van der Waals surface area (Å²) in [6.07, 6.45) is 0. The SMILES string of the molecule is C.Cc1cccc(N)c1.Cc1cccc([N+](=O)[O-])c1.IC(I)I.II. The van der Waals surface area contributed by atoms with E-state index in [4.69, 9.17) is 5.73 Å². The number of nitro benzene ring substituents is 1. The topological polar surface area (TPSA) is 69.2 Å². The second-order valence-electron chi connectivity index (χ2n) is 4.26. The van der Waals surface area contributed by atoms with Crippen LogP contribution < -0.4 is 5.73 Å². The van der Waals surface area contributed by atoms with E-state index in [2.05, 4.69) is 105 Å². The number of nitrogens with two attached hydrogens (primary N) is 1. The number of hydrogen-bond donors (Lipinski definition) is 1. The fourth-order valence-electron chi connectivity index (χ4n) is 1.41. The van der Waals surface area contributed by atoms with Gasteiger partial charge in [0.2, 0.25) is 0 Å². The van der Waals surface area contributed by atoms with Gasteiger partial charge in [0.25, 0.3) is 5.69 Å². The second-order valence-corrected chi connectivity index (χ2v) is 15.1. The van der Waals surface area contributed by atoms with E-state index in [9.17, 15) is 10.1 Å². The van der Waals surface area contributed by atoms with Crippen molar-refractivity contribution < 1.29 is 4.92 Å². The average molecular weight is 908 g/mol. The minimum absolute atomic E-state index is 0. The fraction of sp³-hybridized carbons (Fsp3) is 0.250. The zero-order valence-corrected chi connectivity index (χ0v) is 23.7. The lowest BCUT2D eigenvalue weighted by atomic mass is 10.2. The van der Waals surface area contributed by atoms with Gasteiger partial charge in [-0.3, -0.25) is 10.1 Å². The van der Waals surface area contributed by atoms with Crippen molar-refractivity contribution in [1.29, 1.82) is 0 Å². The van der Waals surface area contributed by atoms with Crippen LogP contribution in [0.15, 0.2) is 48.5 Å². The Labute approximate surface area is 214 Å². The van der Waals surface area contributed by atoms with Gasteiger partial charge in [-0.15, -0.1) is 0 Å². The van der Waals surface area contributed by atoms with Crippen molar-refractivity contribution in [3.8, 4) is 0 Å². The van der Waals surface area contributed by atoms with Gasteiger partial charge in [-0.1, -0.05) is 99.5 Å². The Morgan fingerprint density at radius 2 is 1.36 bits per heavy atom. The zero-order chi connectivity index (χ0) is 19.1. The number of hydrogen-bond acceptors (Lipinski definition) is 3.